The molecule has 0 aliphatic rings. The van der Waals surface area contributed by atoms with E-state index in [9.17, 15) is 19.5 Å². The first-order chi connectivity index (χ1) is 14.7. The summed E-state index contributed by atoms with van der Waals surface area (Å²) in [6.07, 6.45) is 0.470. The van der Waals surface area contributed by atoms with Gasteiger partial charge in [0.25, 0.3) is 5.91 Å². The van der Waals surface area contributed by atoms with Crippen molar-refractivity contribution in [3.8, 4) is 5.75 Å². The van der Waals surface area contributed by atoms with Crippen molar-refractivity contribution in [2.75, 3.05) is 6.54 Å². The molecular formula is C22H26N4O5. The van der Waals surface area contributed by atoms with Crippen molar-refractivity contribution in [2.24, 2.45) is 11.5 Å². The van der Waals surface area contributed by atoms with Gasteiger partial charge in [0, 0.05) is 17.5 Å². The van der Waals surface area contributed by atoms with Gasteiger partial charge >= 0.3 is 5.97 Å². The first-order valence-corrected chi connectivity index (χ1v) is 9.67. The molecule has 9 heteroatoms. The molecule has 0 saturated heterocycles. The minimum Gasteiger partial charge on any atom is -0.489 e. The number of ketones is 1. The number of rotatable bonds is 11. The predicted molar refractivity (Wildman–Crippen MR) is 115 cm³/mol. The van der Waals surface area contributed by atoms with Gasteiger partial charge < -0.3 is 26.6 Å². The molecule has 0 fully saturated rings. The van der Waals surface area contributed by atoms with Crippen LogP contribution in [-0.4, -0.2) is 40.7 Å². The average Bonchev–Trinajstić information content (AvgIpc) is 2.76. The van der Waals surface area contributed by atoms with Gasteiger partial charge in [0.05, 0.1) is 6.54 Å². The first-order valence-electron chi connectivity index (χ1n) is 9.67. The second kappa shape index (κ2) is 10.4. The maximum Gasteiger partial charge on any atom is 0.333 e. The number of nitrogens with one attached hydrogen (secondary N) is 2. The standard InChI is InChI=1S/C22H26N4O5/c1-2-4-18(27)22(25,21(29)30)13-26-20(28)16-6-3-5-14(11-16)12-31-17-9-7-15(8-10-17)19(23)24/h3,5-11H,2,4,12-13,25H2,1H3,(H3,23,24)(H,26,28)(H,29,30). The summed E-state index contributed by atoms with van der Waals surface area (Å²) in [6.45, 7) is 1.42. The number of hydrogen-bond donors (Lipinski definition) is 5. The Balaban J connectivity index is 2.01. The molecule has 7 N–H and O–H groups in total. The predicted octanol–water partition coefficient (Wildman–Crippen LogP) is 1.43. The van der Waals surface area contributed by atoms with E-state index in [2.05, 4.69) is 5.32 Å². The van der Waals surface area contributed by atoms with E-state index in [-0.39, 0.29) is 24.4 Å². The van der Waals surface area contributed by atoms with Crippen LogP contribution < -0.4 is 21.5 Å². The van der Waals surface area contributed by atoms with Crippen molar-refractivity contribution in [2.45, 2.75) is 31.9 Å². The minimum absolute atomic E-state index is 0.0128. The maximum atomic E-state index is 12.5. The second-order valence-electron chi connectivity index (χ2n) is 7.06. The van der Waals surface area contributed by atoms with E-state index >= 15 is 0 Å². The number of carbonyl (C=O) groups excluding carboxylic acids is 2. The molecular weight excluding hydrogens is 400 g/mol. The number of nitrogens with two attached hydrogens (primary N) is 2. The fraction of sp³-hybridized carbons (Fsp3) is 0.273. The van der Waals surface area contributed by atoms with E-state index in [1.807, 2.05) is 0 Å². The van der Waals surface area contributed by atoms with Crippen molar-refractivity contribution in [3.63, 3.8) is 0 Å². The van der Waals surface area contributed by atoms with Gasteiger partial charge in [-0.25, -0.2) is 4.79 Å². The van der Waals surface area contributed by atoms with Gasteiger partial charge in [-0.05, 0) is 48.4 Å². The molecule has 1 atom stereocenters. The molecule has 2 aromatic rings. The number of aliphatic carboxylic acids is 1. The van der Waals surface area contributed by atoms with Crippen molar-refractivity contribution in [1.82, 2.24) is 5.32 Å². The SMILES string of the molecule is CCCC(=O)C(N)(CNC(=O)c1cccc(COc2ccc(C(=N)N)cc2)c1)C(=O)O. The summed E-state index contributed by atoms with van der Waals surface area (Å²) >= 11 is 0. The van der Waals surface area contributed by atoms with E-state index in [1.54, 1.807) is 55.5 Å². The molecule has 1 unspecified atom stereocenters. The lowest BCUT2D eigenvalue weighted by molar-refractivity contribution is -0.148. The van der Waals surface area contributed by atoms with Gasteiger partial charge in [-0.15, -0.1) is 0 Å². The summed E-state index contributed by atoms with van der Waals surface area (Å²) in [5.74, 6) is -2.13. The molecule has 0 radical (unpaired) electrons. The molecule has 31 heavy (non-hydrogen) atoms. The second-order valence-corrected chi connectivity index (χ2v) is 7.06. The number of carboxylic acid groups (broad SMARTS) is 1. The third kappa shape index (κ3) is 6.13. The van der Waals surface area contributed by atoms with Gasteiger partial charge in [-0.2, -0.15) is 0 Å². The number of nitrogen functional groups attached to an aromatic ring is 1. The zero-order valence-electron chi connectivity index (χ0n) is 17.2. The smallest absolute Gasteiger partial charge is 0.333 e. The lowest BCUT2D eigenvalue weighted by Gasteiger charge is -2.23. The van der Waals surface area contributed by atoms with Gasteiger partial charge in [0.2, 0.25) is 0 Å². The number of carbonyl (C=O) groups is 3. The highest BCUT2D eigenvalue weighted by Crippen LogP contribution is 2.15. The number of amides is 1. The molecule has 0 bridgehead atoms. The first kappa shape index (κ1) is 23.6. The van der Waals surface area contributed by atoms with Crippen molar-refractivity contribution in [1.29, 1.82) is 5.41 Å². The van der Waals surface area contributed by atoms with Crippen LogP contribution in [0.15, 0.2) is 48.5 Å². The summed E-state index contributed by atoms with van der Waals surface area (Å²) in [5.41, 5.74) is 10.6. The number of amidine groups is 1. The van der Waals surface area contributed by atoms with Gasteiger partial charge in [0.15, 0.2) is 11.3 Å². The summed E-state index contributed by atoms with van der Waals surface area (Å²) < 4.78 is 5.68. The van der Waals surface area contributed by atoms with Crippen LogP contribution in [-0.2, 0) is 16.2 Å². The van der Waals surface area contributed by atoms with Crippen LogP contribution in [0, 0.1) is 5.41 Å². The highest BCUT2D eigenvalue weighted by molar-refractivity contribution is 6.08. The Bertz CT molecular complexity index is 974. The van der Waals surface area contributed by atoms with Crippen molar-refractivity contribution in [3.05, 3.63) is 65.2 Å². The van der Waals surface area contributed by atoms with Crippen LogP contribution in [0.25, 0.3) is 0 Å². The zero-order chi connectivity index (χ0) is 23.0. The maximum absolute atomic E-state index is 12.5. The van der Waals surface area contributed by atoms with Gasteiger partial charge in [-0.1, -0.05) is 19.1 Å². The van der Waals surface area contributed by atoms with E-state index in [4.69, 9.17) is 21.6 Å². The molecule has 2 aromatic carbocycles. The topological polar surface area (TPSA) is 169 Å². The summed E-state index contributed by atoms with van der Waals surface area (Å²) in [7, 11) is 0. The zero-order valence-corrected chi connectivity index (χ0v) is 17.2. The molecule has 0 saturated carbocycles. The number of carboxylic acids is 1. The van der Waals surface area contributed by atoms with E-state index < -0.39 is 29.7 Å². The van der Waals surface area contributed by atoms with Crippen LogP contribution in [0.2, 0.25) is 0 Å². The van der Waals surface area contributed by atoms with E-state index in [0.717, 1.165) is 0 Å². The lowest BCUT2D eigenvalue weighted by Crippen LogP contribution is -2.61. The highest BCUT2D eigenvalue weighted by atomic mass is 16.5. The van der Waals surface area contributed by atoms with E-state index in [1.165, 1.54) is 0 Å². The van der Waals surface area contributed by atoms with Gasteiger partial charge in [0.1, 0.15) is 18.2 Å². The van der Waals surface area contributed by atoms with Crippen LogP contribution in [0.1, 0.15) is 41.3 Å². The third-order valence-corrected chi connectivity index (χ3v) is 4.64. The van der Waals surface area contributed by atoms with Crippen LogP contribution in [0.4, 0.5) is 0 Å². The Morgan fingerprint density at radius 2 is 1.81 bits per heavy atom. The summed E-state index contributed by atoms with van der Waals surface area (Å²) in [6, 6.07) is 13.3. The summed E-state index contributed by atoms with van der Waals surface area (Å²) in [5, 5.41) is 19.2. The molecule has 2 rings (SSSR count). The molecule has 1 amide bonds. The Morgan fingerprint density at radius 1 is 1.13 bits per heavy atom. The Labute approximate surface area is 179 Å². The Morgan fingerprint density at radius 3 is 2.39 bits per heavy atom. The van der Waals surface area contributed by atoms with Crippen molar-refractivity contribution < 1.29 is 24.2 Å². The highest BCUT2D eigenvalue weighted by Gasteiger charge is 2.41. The van der Waals surface area contributed by atoms with Gasteiger partial charge in [-0.3, -0.25) is 15.0 Å². The van der Waals surface area contributed by atoms with Crippen LogP contribution >= 0.6 is 0 Å². The lowest BCUT2D eigenvalue weighted by atomic mass is 9.92. The number of ether oxygens (including phenoxy) is 1. The van der Waals surface area contributed by atoms with Crippen molar-refractivity contribution >= 4 is 23.5 Å². The average molecular weight is 426 g/mol. The molecule has 0 heterocycles. The molecule has 9 nitrogen and oxygen atoms in total. The number of benzene rings is 2. The molecule has 0 aliphatic heterocycles. The quantitative estimate of drug-likeness (QED) is 0.206. The fourth-order valence-corrected chi connectivity index (χ4v) is 2.77. The Kier molecular flexibility index (Phi) is 7.87. The Hall–Kier alpha value is -3.72. The van der Waals surface area contributed by atoms with Crippen LogP contribution in [0.5, 0.6) is 5.75 Å². The largest absolute Gasteiger partial charge is 0.489 e. The number of hydrogen-bond acceptors (Lipinski definition) is 6. The van der Waals surface area contributed by atoms with E-state index in [0.29, 0.717) is 23.3 Å². The van der Waals surface area contributed by atoms with Crippen LogP contribution in [0.3, 0.4) is 0 Å². The fourth-order valence-electron chi connectivity index (χ4n) is 2.77. The molecule has 164 valence electrons. The molecule has 0 spiro atoms. The number of Topliss-reactive ketones (excluding diaryl/α,β-unsaturated/α-hetero) is 1. The minimum atomic E-state index is -2.17. The normalized spacial score (nSPS) is 12.5. The monoisotopic (exact) mass is 426 g/mol. The molecule has 0 aromatic heterocycles. The molecule has 0 aliphatic carbocycles. The summed E-state index contributed by atoms with van der Waals surface area (Å²) in [4.78, 5) is 36.1. The third-order valence-electron chi connectivity index (χ3n) is 4.64.